The van der Waals surface area contributed by atoms with Gasteiger partial charge in [-0.15, -0.1) is 0 Å². The van der Waals surface area contributed by atoms with Gasteiger partial charge in [-0.2, -0.15) is 0 Å². The number of nitrogens with one attached hydrogen (secondary N) is 1. The van der Waals surface area contributed by atoms with Crippen molar-refractivity contribution in [3.8, 4) is 0 Å². The van der Waals surface area contributed by atoms with E-state index >= 15 is 0 Å². The number of nitrogens with zero attached hydrogens (tertiary/aromatic N) is 2. The van der Waals surface area contributed by atoms with Crippen molar-refractivity contribution in [2.45, 2.75) is 72.1 Å². The van der Waals surface area contributed by atoms with Crippen LogP contribution in [0.5, 0.6) is 0 Å². The van der Waals surface area contributed by atoms with Gasteiger partial charge in [0.05, 0.1) is 27.8 Å². The predicted molar refractivity (Wildman–Crippen MR) is 126 cm³/mol. The Labute approximate surface area is 184 Å². The first-order chi connectivity index (χ1) is 14.5. The van der Waals surface area contributed by atoms with E-state index in [1.165, 1.54) is 11.1 Å². The molecule has 2 atom stereocenters. The van der Waals surface area contributed by atoms with Gasteiger partial charge in [0.2, 0.25) is 5.91 Å². The van der Waals surface area contributed by atoms with E-state index in [4.69, 9.17) is 9.97 Å². The van der Waals surface area contributed by atoms with E-state index in [-0.39, 0.29) is 16.7 Å². The van der Waals surface area contributed by atoms with Crippen LogP contribution >= 0.6 is 0 Å². The lowest BCUT2D eigenvalue weighted by atomic mass is 9.63. The highest BCUT2D eigenvalue weighted by molar-refractivity contribution is 6.02. The first-order valence-corrected chi connectivity index (χ1v) is 11.2. The van der Waals surface area contributed by atoms with Crippen LogP contribution in [-0.2, 0) is 15.6 Å². The van der Waals surface area contributed by atoms with E-state index in [0.717, 1.165) is 52.1 Å². The molecule has 2 aromatic carbocycles. The van der Waals surface area contributed by atoms with Gasteiger partial charge in [0.1, 0.15) is 0 Å². The van der Waals surface area contributed by atoms with Gasteiger partial charge >= 0.3 is 0 Å². The van der Waals surface area contributed by atoms with Crippen molar-refractivity contribution in [2.75, 3.05) is 5.32 Å². The molecule has 2 aliphatic rings. The summed E-state index contributed by atoms with van der Waals surface area (Å²) in [6.45, 7) is 15.0. The largest absolute Gasteiger partial charge is 0.325 e. The summed E-state index contributed by atoms with van der Waals surface area (Å²) < 4.78 is 0. The summed E-state index contributed by atoms with van der Waals surface area (Å²) >= 11 is 0. The molecule has 5 rings (SSSR count). The summed E-state index contributed by atoms with van der Waals surface area (Å²) in [5.74, 6) is 0.0474. The van der Waals surface area contributed by atoms with Crippen LogP contribution in [0.25, 0.3) is 11.0 Å². The van der Waals surface area contributed by atoms with Gasteiger partial charge in [0, 0.05) is 11.1 Å². The molecule has 0 radical (unpaired) electrons. The number of aromatic nitrogens is 2. The second kappa shape index (κ2) is 6.15. The molecule has 2 unspecified atom stereocenters. The molecule has 1 aromatic heterocycles. The third-order valence-corrected chi connectivity index (χ3v) is 8.68. The zero-order chi connectivity index (χ0) is 22.3. The minimum absolute atomic E-state index is 0.0474. The third-order valence-electron chi connectivity index (χ3n) is 8.68. The van der Waals surface area contributed by atoms with Gasteiger partial charge in [-0.3, -0.25) is 4.79 Å². The quantitative estimate of drug-likeness (QED) is 0.575. The molecule has 0 aliphatic heterocycles. The summed E-state index contributed by atoms with van der Waals surface area (Å²) in [4.78, 5) is 24.3. The minimum Gasteiger partial charge on any atom is -0.325 e. The Balaban J connectivity index is 1.72. The topological polar surface area (TPSA) is 54.9 Å². The lowest BCUT2D eigenvalue weighted by molar-refractivity contribution is -0.125. The number of carbonyl (C=O) groups is 1. The highest BCUT2D eigenvalue weighted by Gasteiger charge is 2.73. The average molecular weight is 414 g/mol. The zero-order valence-corrected chi connectivity index (χ0v) is 19.6. The van der Waals surface area contributed by atoms with Crippen LogP contribution in [0.1, 0.15) is 67.3 Å². The van der Waals surface area contributed by atoms with Gasteiger partial charge in [0.15, 0.2) is 0 Å². The molecular formula is C27H31N3O. The van der Waals surface area contributed by atoms with Gasteiger partial charge in [-0.25, -0.2) is 9.97 Å². The Morgan fingerprint density at radius 1 is 0.839 bits per heavy atom. The van der Waals surface area contributed by atoms with Crippen LogP contribution in [0.2, 0.25) is 0 Å². The van der Waals surface area contributed by atoms with E-state index in [1.807, 2.05) is 6.92 Å². The van der Waals surface area contributed by atoms with Crippen LogP contribution in [-0.4, -0.2) is 15.9 Å². The summed E-state index contributed by atoms with van der Waals surface area (Å²) in [6, 6.07) is 10.4. The molecule has 1 saturated carbocycles. The number of aryl methyl sites for hydroxylation is 4. The Morgan fingerprint density at radius 3 is 2.10 bits per heavy atom. The SMILES string of the molecule is Cc1ccc(C)c(NC(=O)C23CCC(C)(c4nc5cc(C)c(C)cc5nc42)C3(C)C)c1. The maximum absolute atomic E-state index is 14.1. The van der Waals surface area contributed by atoms with Gasteiger partial charge in [-0.05, 0) is 86.4 Å². The molecule has 3 aromatic rings. The maximum Gasteiger partial charge on any atom is 0.237 e. The molecule has 160 valence electrons. The Kier molecular flexibility index (Phi) is 4.00. The molecule has 0 spiro atoms. The van der Waals surface area contributed by atoms with E-state index in [2.05, 4.69) is 77.2 Å². The molecule has 4 heteroatoms. The number of anilines is 1. The lowest BCUT2D eigenvalue weighted by Gasteiger charge is -2.39. The molecule has 2 bridgehead atoms. The van der Waals surface area contributed by atoms with Crippen LogP contribution in [0, 0.1) is 33.1 Å². The smallest absolute Gasteiger partial charge is 0.237 e. The molecule has 1 fully saturated rings. The van der Waals surface area contributed by atoms with Crippen molar-refractivity contribution in [3.05, 3.63) is 64.0 Å². The van der Waals surface area contributed by atoms with Crippen molar-refractivity contribution in [1.29, 1.82) is 0 Å². The first-order valence-electron chi connectivity index (χ1n) is 11.2. The molecule has 1 N–H and O–H groups in total. The fraction of sp³-hybridized carbons (Fsp3) is 0.444. The van der Waals surface area contributed by atoms with E-state index in [1.54, 1.807) is 0 Å². The van der Waals surface area contributed by atoms with E-state index in [0.29, 0.717) is 0 Å². The summed E-state index contributed by atoms with van der Waals surface area (Å²) in [5.41, 5.74) is 8.06. The molecule has 1 amide bonds. The highest BCUT2D eigenvalue weighted by atomic mass is 16.2. The van der Waals surface area contributed by atoms with Crippen molar-refractivity contribution < 1.29 is 4.79 Å². The number of benzene rings is 2. The molecule has 1 heterocycles. The number of rotatable bonds is 2. The van der Waals surface area contributed by atoms with Crippen LogP contribution in [0.3, 0.4) is 0 Å². The summed E-state index contributed by atoms with van der Waals surface area (Å²) in [5, 5.41) is 3.29. The van der Waals surface area contributed by atoms with Gasteiger partial charge < -0.3 is 5.32 Å². The van der Waals surface area contributed by atoms with Crippen LogP contribution in [0.4, 0.5) is 5.69 Å². The summed E-state index contributed by atoms with van der Waals surface area (Å²) in [6.07, 6.45) is 1.74. The standard InChI is InChI=1S/C27H31N3O/c1-15-8-9-16(2)19(12-15)30-24(31)27-11-10-26(7,25(27,5)6)22-23(27)29-21-14-18(4)17(3)13-20(21)28-22/h8-9,12-14H,10-11H2,1-7H3,(H,30,31). The third kappa shape index (κ3) is 2.39. The van der Waals surface area contributed by atoms with Gasteiger partial charge in [0.25, 0.3) is 0 Å². The van der Waals surface area contributed by atoms with E-state index < -0.39 is 5.41 Å². The van der Waals surface area contributed by atoms with Gasteiger partial charge in [-0.1, -0.05) is 32.9 Å². The predicted octanol–water partition coefficient (Wildman–Crippen LogP) is 5.83. The normalized spacial score (nSPS) is 25.6. The minimum atomic E-state index is -0.687. The second-order valence-corrected chi connectivity index (χ2v) is 10.5. The number of hydrogen-bond acceptors (Lipinski definition) is 3. The number of amides is 1. The Hall–Kier alpha value is -2.75. The molecular weight excluding hydrogens is 382 g/mol. The first kappa shape index (κ1) is 20.2. The molecule has 4 nitrogen and oxygen atoms in total. The van der Waals surface area contributed by atoms with Crippen molar-refractivity contribution >= 4 is 22.6 Å². The highest BCUT2D eigenvalue weighted by Crippen LogP contribution is 2.70. The molecule has 31 heavy (non-hydrogen) atoms. The Morgan fingerprint density at radius 2 is 1.45 bits per heavy atom. The molecule has 0 saturated heterocycles. The zero-order valence-electron chi connectivity index (χ0n) is 19.6. The Bertz CT molecular complexity index is 1280. The van der Waals surface area contributed by atoms with E-state index in [9.17, 15) is 4.79 Å². The fourth-order valence-electron chi connectivity index (χ4n) is 5.96. The monoisotopic (exact) mass is 413 g/mol. The maximum atomic E-state index is 14.1. The summed E-state index contributed by atoms with van der Waals surface area (Å²) in [7, 11) is 0. The number of fused-ring (bicyclic) bond motifs is 6. The van der Waals surface area contributed by atoms with Crippen LogP contribution in [0.15, 0.2) is 30.3 Å². The second-order valence-electron chi connectivity index (χ2n) is 10.5. The van der Waals surface area contributed by atoms with Crippen molar-refractivity contribution in [1.82, 2.24) is 9.97 Å². The van der Waals surface area contributed by atoms with Crippen molar-refractivity contribution in [3.63, 3.8) is 0 Å². The van der Waals surface area contributed by atoms with Crippen molar-refractivity contribution in [2.24, 2.45) is 5.41 Å². The number of carbonyl (C=O) groups excluding carboxylic acids is 1. The lowest BCUT2D eigenvalue weighted by Crippen LogP contribution is -2.48. The molecule has 2 aliphatic carbocycles. The fourth-order valence-corrected chi connectivity index (χ4v) is 5.96. The average Bonchev–Trinajstić information content (AvgIpc) is 3.00. The van der Waals surface area contributed by atoms with Crippen LogP contribution < -0.4 is 5.32 Å². The number of hydrogen-bond donors (Lipinski definition) is 1.